The van der Waals surface area contributed by atoms with Crippen LogP contribution in [-0.2, 0) is 19.0 Å². The van der Waals surface area contributed by atoms with E-state index in [1.165, 1.54) is 6.07 Å². The molecule has 0 aliphatic heterocycles. The molecule has 1 unspecified atom stereocenters. The first-order valence-electron chi connectivity index (χ1n) is 4.42. The summed E-state index contributed by atoms with van der Waals surface area (Å²) in [7, 11) is 0. The van der Waals surface area contributed by atoms with Crippen molar-refractivity contribution in [3.63, 3.8) is 0 Å². The summed E-state index contributed by atoms with van der Waals surface area (Å²) in [6.07, 6.45) is -3.36. The van der Waals surface area contributed by atoms with Crippen molar-refractivity contribution in [2.75, 3.05) is 0 Å². The molecule has 0 saturated carbocycles. The summed E-state index contributed by atoms with van der Waals surface area (Å²) in [4.78, 5) is 0. The summed E-state index contributed by atoms with van der Waals surface area (Å²) in [6.45, 7) is 0. The molecule has 1 aromatic carbocycles. The van der Waals surface area contributed by atoms with Gasteiger partial charge in [0.25, 0.3) is 0 Å². The van der Waals surface area contributed by atoms with Gasteiger partial charge in [-0.1, -0.05) is 12.1 Å². The summed E-state index contributed by atoms with van der Waals surface area (Å²) < 4.78 is 37.6. The first-order chi connectivity index (χ1) is 6.48. The molecule has 0 bridgehead atoms. The van der Waals surface area contributed by atoms with E-state index in [1.54, 1.807) is 6.07 Å². The van der Waals surface area contributed by atoms with Gasteiger partial charge in [-0.2, -0.15) is 13.2 Å². The van der Waals surface area contributed by atoms with Gasteiger partial charge in [-0.25, -0.2) is 0 Å². The van der Waals surface area contributed by atoms with E-state index in [4.69, 9.17) is 5.73 Å². The zero-order valence-corrected chi connectivity index (χ0v) is 8.66. The first kappa shape index (κ1) is 12.3. The van der Waals surface area contributed by atoms with Crippen molar-refractivity contribution < 1.29 is 13.2 Å². The Kier molecular flexibility index (Phi) is 3.31. The third-order valence-electron chi connectivity index (χ3n) is 2.53. The zero-order chi connectivity index (χ0) is 10.3. The van der Waals surface area contributed by atoms with Crippen LogP contribution >= 0.6 is 12.4 Å². The van der Waals surface area contributed by atoms with Crippen molar-refractivity contribution >= 4 is 12.4 Å². The maximum atomic E-state index is 12.5. The van der Waals surface area contributed by atoms with Crippen molar-refractivity contribution in [1.82, 2.24) is 0 Å². The summed E-state index contributed by atoms with van der Waals surface area (Å²) >= 11 is 0. The molecular weight excluding hydrogens is 227 g/mol. The number of nitrogens with two attached hydrogens (primary N) is 1. The van der Waals surface area contributed by atoms with Gasteiger partial charge in [0.2, 0.25) is 0 Å². The highest BCUT2D eigenvalue weighted by molar-refractivity contribution is 5.85. The monoisotopic (exact) mass is 237 g/mol. The highest BCUT2D eigenvalue weighted by Crippen LogP contribution is 2.36. The lowest BCUT2D eigenvalue weighted by Gasteiger charge is -2.11. The Balaban J connectivity index is 0.00000112. The Labute approximate surface area is 91.9 Å². The zero-order valence-electron chi connectivity index (χ0n) is 7.84. The van der Waals surface area contributed by atoms with Crippen molar-refractivity contribution in [2.24, 2.45) is 5.73 Å². The van der Waals surface area contributed by atoms with Crippen molar-refractivity contribution in [3.8, 4) is 0 Å². The smallest absolute Gasteiger partial charge is 0.327 e. The fraction of sp³-hybridized carbons (Fsp3) is 0.400. The van der Waals surface area contributed by atoms with Gasteiger partial charge in [0, 0.05) is 6.04 Å². The quantitative estimate of drug-likeness (QED) is 0.737. The molecule has 0 aromatic heterocycles. The summed E-state index contributed by atoms with van der Waals surface area (Å²) in [5.74, 6) is 0. The SMILES string of the molecule is Cl.NC1Cc2cccc(C(F)(F)F)c2C1. The van der Waals surface area contributed by atoms with E-state index < -0.39 is 11.7 Å². The lowest BCUT2D eigenvalue weighted by Crippen LogP contribution is -2.19. The molecule has 5 heteroatoms. The fourth-order valence-electron chi connectivity index (χ4n) is 1.95. The van der Waals surface area contributed by atoms with E-state index in [-0.39, 0.29) is 18.4 Å². The van der Waals surface area contributed by atoms with Gasteiger partial charge in [0.15, 0.2) is 0 Å². The molecule has 1 aromatic rings. The largest absolute Gasteiger partial charge is 0.416 e. The normalized spacial score (nSPS) is 19.6. The summed E-state index contributed by atoms with van der Waals surface area (Å²) in [5.41, 5.74) is 6.23. The van der Waals surface area contributed by atoms with Crippen molar-refractivity contribution in [2.45, 2.75) is 25.1 Å². The molecule has 1 aliphatic rings. The number of fused-ring (bicyclic) bond motifs is 1. The molecule has 1 atom stereocenters. The summed E-state index contributed by atoms with van der Waals surface area (Å²) in [6, 6.07) is 4.13. The van der Waals surface area contributed by atoms with Gasteiger partial charge < -0.3 is 5.73 Å². The fourth-order valence-corrected chi connectivity index (χ4v) is 1.95. The predicted octanol–water partition coefficient (Wildman–Crippen LogP) is 2.55. The Bertz CT molecular complexity index is 362. The van der Waals surface area contributed by atoms with Gasteiger partial charge in [-0.15, -0.1) is 12.4 Å². The molecule has 84 valence electrons. The third-order valence-corrected chi connectivity index (χ3v) is 2.53. The van der Waals surface area contributed by atoms with E-state index in [9.17, 15) is 13.2 Å². The Morgan fingerprint density at radius 2 is 1.87 bits per heavy atom. The third kappa shape index (κ3) is 2.26. The highest BCUT2D eigenvalue weighted by atomic mass is 35.5. The van der Waals surface area contributed by atoms with E-state index >= 15 is 0 Å². The van der Waals surface area contributed by atoms with Gasteiger partial charge in [0.05, 0.1) is 5.56 Å². The van der Waals surface area contributed by atoms with Crippen LogP contribution in [0.25, 0.3) is 0 Å². The topological polar surface area (TPSA) is 26.0 Å². The average Bonchev–Trinajstić information content (AvgIpc) is 2.41. The van der Waals surface area contributed by atoms with Gasteiger partial charge in [0.1, 0.15) is 0 Å². The number of rotatable bonds is 0. The van der Waals surface area contributed by atoms with Crippen molar-refractivity contribution in [1.29, 1.82) is 0 Å². The van der Waals surface area contributed by atoms with Crippen LogP contribution in [0.5, 0.6) is 0 Å². The molecule has 0 heterocycles. The lowest BCUT2D eigenvalue weighted by atomic mass is 10.0. The van der Waals surface area contributed by atoms with E-state index in [1.807, 2.05) is 0 Å². The number of benzene rings is 1. The van der Waals surface area contributed by atoms with E-state index in [2.05, 4.69) is 0 Å². The second kappa shape index (κ2) is 4.02. The molecule has 2 rings (SSSR count). The van der Waals surface area contributed by atoms with Crippen LogP contribution in [0.3, 0.4) is 0 Å². The van der Waals surface area contributed by atoms with Crippen LogP contribution in [0, 0.1) is 0 Å². The Morgan fingerprint density at radius 1 is 1.20 bits per heavy atom. The minimum absolute atomic E-state index is 0. The second-order valence-electron chi connectivity index (χ2n) is 3.61. The van der Waals surface area contributed by atoms with Gasteiger partial charge in [-0.3, -0.25) is 0 Å². The number of halogens is 4. The van der Waals surface area contributed by atoms with Gasteiger partial charge >= 0.3 is 6.18 Å². The first-order valence-corrected chi connectivity index (χ1v) is 4.42. The lowest BCUT2D eigenvalue weighted by molar-refractivity contribution is -0.138. The molecule has 0 saturated heterocycles. The number of alkyl halides is 3. The highest BCUT2D eigenvalue weighted by Gasteiger charge is 2.36. The predicted molar refractivity (Wildman–Crippen MR) is 54.1 cm³/mol. The Hall–Kier alpha value is -0.740. The molecule has 0 radical (unpaired) electrons. The maximum absolute atomic E-state index is 12.5. The molecule has 1 nitrogen and oxygen atoms in total. The Morgan fingerprint density at radius 3 is 2.47 bits per heavy atom. The van der Waals surface area contributed by atoms with Crippen LogP contribution in [0.1, 0.15) is 16.7 Å². The molecule has 0 fully saturated rings. The number of hydrogen-bond acceptors (Lipinski definition) is 1. The van der Waals surface area contributed by atoms with Crippen molar-refractivity contribution in [3.05, 3.63) is 34.9 Å². The molecule has 0 spiro atoms. The summed E-state index contributed by atoms with van der Waals surface area (Å²) in [5, 5.41) is 0. The van der Waals surface area contributed by atoms with E-state index in [0.717, 1.165) is 11.6 Å². The minimum Gasteiger partial charge on any atom is -0.327 e. The van der Waals surface area contributed by atoms with E-state index in [0.29, 0.717) is 18.4 Å². The standard InChI is InChI=1S/C10H10F3N.ClH/c11-10(12,13)9-3-1-2-6-4-7(14)5-8(6)9;/h1-3,7H,4-5,14H2;1H. The van der Waals surface area contributed by atoms with Crippen LogP contribution in [0.15, 0.2) is 18.2 Å². The van der Waals surface area contributed by atoms with Crippen LogP contribution in [-0.4, -0.2) is 6.04 Å². The van der Waals surface area contributed by atoms with Crippen LogP contribution in [0.4, 0.5) is 13.2 Å². The average molecular weight is 238 g/mol. The van der Waals surface area contributed by atoms with Gasteiger partial charge in [-0.05, 0) is 30.0 Å². The molecule has 0 amide bonds. The minimum atomic E-state index is -4.25. The van der Waals surface area contributed by atoms with Crippen LogP contribution < -0.4 is 5.73 Å². The molecule has 2 N–H and O–H groups in total. The van der Waals surface area contributed by atoms with Crippen LogP contribution in [0.2, 0.25) is 0 Å². The molecule has 15 heavy (non-hydrogen) atoms. The number of hydrogen-bond donors (Lipinski definition) is 1. The second-order valence-corrected chi connectivity index (χ2v) is 3.61. The molecule has 1 aliphatic carbocycles. The maximum Gasteiger partial charge on any atom is 0.416 e. The molecular formula is C10H11ClF3N.